The standard InChI is InChI=1S/C23H18N6O/c24-6-5-23(11-16(12-23)13-25)29-15-19(14-27-29)21-9-18(10-22-26-7-8-28(21)22)17-1-3-20(30)4-2-17/h1-4,7-10,14-16,30H,5,11-12H2/t16-,23+. The van der Waals surface area contributed by atoms with Gasteiger partial charge in [-0.05, 0) is 48.2 Å². The van der Waals surface area contributed by atoms with Crippen LogP contribution in [0.5, 0.6) is 5.75 Å². The molecule has 1 N–H and O–H groups in total. The van der Waals surface area contributed by atoms with Crippen molar-refractivity contribution in [1.29, 1.82) is 10.5 Å². The summed E-state index contributed by atoms with van der Waals surface area (Å²) < 4.78 is 3.86. The lowest BCUT2D eigenvalue weighted by Crippen LogP contribution is -2.46. The van der Waals surface area contributed by atoms with Crippen LogP contribution in [-0.4, -0.2) is 24.3 Å². The Hall–Kier alpha value is -4.10. The minimum absolute atomic E-state index is 0.0239. The zero-order valence-electron chi connectivity index (χ0n) is 16.1. The van der Waals surface area contributed by atoms with Gasteiger partial charge < -0.3 is 5.11 Å². The van der Waals surface area contributed by atoms with Gasteiger partial charge >= 0.3 is 0 Å². The van der Waals surface area contributed by atoms with E-state index in [1.54, 1.807) is 24.5 Å². The molecule has 3 heterocycles. The molecule has 1 saturated carbocycles. The monoisotopic (exact) mass is 394 g/mol. The molecule has 1 aliphatic rings. The number of hydrogen-bond acceptors (Lipinski definition) is 5. The lowest BCUT2D eigenvalue weighted by molar-refractivity contribution is 0.0882. The summed E-state index contributed by atoms with van der Waals surface area (Å²) in [5.41, 5.74) is 4.21. The lowest BCUT2D eigenvalue weighted by Gasteiger charge is -2.43. The molecule has 146 valence electrons. The van der Waals surface area contributed by atoms with E-state index < -0.39 is 5.54 Å². The highest BCUT2D eigenvalue weighted by atomic mass is 16.3. The zero-order valence-corrected chi connectivity index (χ0v) is 16.1. The molecule has 1 aromatic carbocycles. The van der Waals surface area contributed by atoms with Gasteiger partial charge in [-0.3, -0.25) is 9.08 Å². The van der Waals surface area contributed by atoms with Crippen LogP contribution in [0.3, 0.4) is 0 Å². The minimum atomic E-state index is -0.407. The van der Waals surface area contributed by atoms with Crippen molar-refractivity contribution in [3.8, 4) is 40.3 Å². The summed E-state index contributed by atoms with van der Waals surface area (Å²) in [6.45, 7) is 0. The molecule has 0 amide bonds. The molecular formula is C23H18N6O. The second kappa shape index (κ2) is 6.75. The fraction of sp³-hybridized carbons (Fsp3) is 0.217. The van der Waals surface area contributed by atoms with Gasteiger partial charge in [-0.25, -0.2) is 4.98 Å². The van der Waals surface area contributed by atoms with E-state index in [0.29, 0.717) is 19.3 Å². The average molecular weight is 394 g/mol. The highest BCUT2D eigenvalue weighted by Crippen LogP contribution is 2.46. The molecule has 30 heavy (non-hydrogen) atoms. The van der Waals surface area contributed by atoms with Gasteiger partial charge in [0.25, 0.3) is 0 Å². The van der Waals surface area contributed by atoms with Crippen LogP contribution in [0.2, 0.25) is 0 Å². The third-order valence-electron chi connectivity index (χ3n) is 5.91. The largest absolute Gasteiger partial charge is 0.508 e. The first-order valence-corrected chi connectivity index (χ1v) is 9.70. The van der Waals surface area contributed by atoms with Crippen LogP contribution in [0, 0.1) is 28.6 Å². The number of aromatic nitrogens is 4. The molecule has 7 heteroatoms. The highest BCUT2D eigenvalue weighted by Gasteiger charge is 2.46. The topological polar surface area (TPSA) is 103 Å². The Morgan fingerprint density at radius 1 is 1.10 bits per heavy atom. The molecule has 0 unspecified atom stereocenters. The normalized spacial score (nSPS) is 20.4. The fourth-order valence-corrected chi connectivity index (χ4v) is 4.29. The molecule has 1 fully saturated rings. The molecule has 0 saturated heterocycles. The van der Waals surface area contributed by atoms with E-state index in [1.807, 2.05) is 39.7 Å². The molecule has 4 aromatic rings. The van der Waals surface area contributed by atoms with E-state index in [1.165, 1.54) is 0 Å². The molecule has 0 spiro atoms. The lowest BCUT2D eigenvalue weighted by atomic mass is 9.67. The summed E-state index contributed by atoms with van der Waals surface area (Å²) >= 11 is 0. The number of rotatable bonds is 4. The number of nitriles is 2. The smallest absolute Gasteiger partial charge is 0.137 e. The Morgan fingerprint density at radius 3 is 2.63 bits per heavy atom. The van der Waals surface area contributed by atoms with Crippen LogP contribution in [0.15, 0.2) is 61.2 Å². The second-order valence-corrected chi connectivity index (χ2v) is 7.80. The first-order chi connectivity index (χ1) is 14.6. The molecule has 7 nitrogen and oxygen atoms in total. The molecule has 0 atom stereocenters. The molecule has 0 radical (unpaired) electrons. The van der Waals surface area contributed by atoms with E-state index in [2.05, 4.69) is 28.3 Å². The summed E-state index contributed by atoms with van der Waals surface area (Å²) in [5, 5.41) is 32.6. The van der Waals surface area contributed by atoms with Crippen LogP contribution in [0.25, 0.3) is 28.0 Å². The van der Waals surface area contributed by atoms with Crippen molar-refractivity contribution < 1.29 is 5.11 Å². The third kappa shape index (κ3) is 2.80. The number of nitrogens with zero attached hydrogens (tertiary/aromatic N) is 6. The van der Waals surface area contributed by atoms with Gasteiger partial charge in [-0.2, -0.15) is 15.6 Å². The van der Waals surface area contributed by atoms with Crippen molar-refractivity contribution >= 4 is 5.65 Å². The predicted molar refractivity (Wildman–Crippen MR) is 110 cm³/mol. The maximum Gasteiger partial charge on any atom is 0.137 e. The number of imidazole rings is 1. The zero-order chi connectivity index (χ0) is 20.7. The first-order valence-electron chi connectivity index (χ1n) is 9.70. The number of fused-ring (bicyclic) bond motifs is 1. The second-order valence-electron chi connectivity index (χ2n) is 7.80. The quantitative estimate of drug-likeness (QED) is 0.561. The molecule has 5 rings (SSSR count). The van der Waals surface area contributed by atoms with Crippen LogP contribution in [0.4, 0.5) is 0 Å². The Bertz CT molecular complexity index is 1310. The Labute approximate surface area is 173 Å². The van der Waals surface area contributed by atoms with Crippen LogP contribution in [-0.2, 0) is 5.54 Å². The Balaban J connectivity index is 1.59. The summed E-state index contributed by atoms with van der Waals surface area (Å²) in [5.74, 6) is 0.199. The van der Waals surface area contributed by atoms with Gasteiger partial charge in [0.2, 0.25) is 0 Å². The van der Waals surface area contributed by atoms with Crippen LogP contribution < -0.4 is 0 Å². The van der Waals surface area contributed by atoms with Gasteiger partial charge in [-0.15, -0.1) is 0 Å². The minimum Gasteiger partial charge on any atom is -0.508 e. The fourth-order valence-electron chi connectivity index (χ4n) is 4.29. The molecule has 0 aliphatic heterocycles. The SMILES string of the molecule is N#CC[C@]1(n2cc(-c3cc(-c4ccc(O)cc4)cc4nccn34)cn2)C[C@@H](C#N)C1. The van der Waals surface area contributed by atoms with Gasteiger partial charge in [-0.1, -0.05) is 12.1 Å². The number of aromatic hydroxyl groups is 1. The summed E-state index contributed by atoms with van der Waals surface area (Å²) in [6.07, 6.45) is 9.04. The Kier molecular flexibility index (Phi) is 4.04. The maximum absolute atomic E-state index is 9.59. The van der Waals surface area contributed by atoms with Crippen molar-refractivity contribution in [2.45, 2.75) is 24.8 Å². The van der Waals surface area contributed by atoms with Crippen molar-refractivity contribution in [2.24, 2.45) is 5.92 Å². The molecular weight excluding hydrogens is 376 g/mol. The Morgan fingerprint density at radius 2 is 1.90 bits per heavy atom. The number of benzene rings is 1. The third-order valence-corrected chi connectivity index (χ3v) is 5.91. The van der Waals surface area contributed by atoms with Crippen molar-refractivity contribution in [1.82, 2.24) is 19.2 Å². The maximum atomic E-state index is 9.59. The van der Waals surface area contributed by atoms with Gasteiger partial charge in [0.05, 0.1) is 41.9 Å². The number of hydrogen-bond donors (Lipinski definition) is 1. The number of pyridine rings is 1. The van der Waals surface area contributed by atoms with Crippen molar-refractivity contribution in [2.75, 3.05) is 0 Å². The van der Waals surface area contributed by atoms with E-state index in [0.717, 1.165) is 28.0 Å². The van der Waals surface area contributed by atoms with Crippen molar-refractivity contribution in [3.63, 3.8) is 0 Å². The molecule has 3 aromatic heterocycles. The van der Waals surface area contributed by atoms with Crippen molar-refractivity contribution in [3.05, 3.63) is 61.2 Å². The van der Waals surface area contributed by atoms with E-state index in [-0.39, 0.29) is 11.7 Å². The van der Waals surface area contributed by atoms with E-state index >= 15 is 0 Å². The average Bonchev–Trinajstić information content (AvgIpc) is 3.40. The predicted octanol–water partition coefficient (Wildman–Crippen LogP) is 4.11. The van der Waals surface area contributed by atoms with E-state index in [9.17, 15) is 15.6 Å². The summed E-state index contributed by atoms with van der Waals surface area (Å²) in [6, 6.07) is 15.7. The van der Waals surface area contributed by atoms with Gasteiger partial charge in [0, 0.05) is 24.2 Å². The molecule has 1 aliphatic carbocycles. The number of phenols is 1. The first kappa shape index (κ1) is 18.0. The van der Waals surface area contributed by atoms with Crippen LogP contribution in [0.1, 0.15) is 19.3 Å². The highest BCUT2D eigenvalue weighted by molar-refractivity contribution is 5.75. The summed E-state index contributed by atoms with van der Waals surface area (Å²) in [7, 11) is 0. The number of phenolic OH excluding ortho intramolecular Hbond substituents is 1. The van der Waals surface area contributed by atoms with Gasteiger partial charge in [0.1, 0.15) is 11.4 Å². The van der Waals surface area contributed by atoms with Crippen LogP contribution >= 0.6 is 0 Å². The van der Waals surface area contributed by atoms with Gasteiger partial charge in [0.15, 0.2) is 0 Å². The van der Waals surface area contributed by atoms with E-state index in [4.69, 9.17) is 0 Å². The summed E-state index contributed by atoms with van der Waals surface area (Å²) in [4.78, 5) is 4.45. The molecule has 0 bridgehead atoms.